The maximum atomic E-state index is 12.6. The first-order valence-electron chi connectivity index (χ1n) is 10.3. The quantitative estimate of drug-likeness (QED) is 0.278. The van der Waals surface area contributed by atoms with Crippen molar-refractivity contribution in [2.45, 2.75) is 19.6 Å². The van der Waals surface area contributed by atoms with Crippen molar-refractivity contribution in [3.05, 3.63) is 87.1 Å². The van der Waals surface area contributed by atoms with E-state index in [9.17, 15) is 14.7 Å². The van der Waals surface area contributed by atoms with Gasteiger partial charge < -0.3 is 14.4 Å². The molecule has 0 amide bonds. The van der Waals surface area contributed by atoms with Gasteiger partial charge >= 0.3 is 5.69 Å². The van der Waals surface area contributed by atoms with Gasteiger partial charge in [0.2, 0.25) is 5.95 Å². The Morgan fingerprint density at radius 3 is 2.52 bits per heavy atom. The molecule has 4 aromatic rings. The van der Waals surface area contributed by atoms with Crippen LogP contribution in [-0.4, -0.2) is 42.6 Å². The number of aromatic amines is 1. The number of nitrogens with one attached hydrogen (secondary N) is 2. The molecule has 0 radical (unpaired) electrons. The summed E-state index contributed by atoms with van der Waals surface area (Å²) in [5, 5.41) is 15.0. The molecule has 0 aliphatic rings. The van der Waals surface area contributed by atoms with Crippen LogP contribution in [0.25, 0.3) is 11.2 Å². The van der Waals surface area contributed by atoms with Crippen molar-refractivity contribution >= 4 is 22.8 Å². The van der Waals surface area contributed by atoms with Crippen LogP contribution >= 0.6 is 0 Å². The summed E-state index contributed by atoms with van der Waals surface area (Å²) < 4.78 is 8.35. The van der Waals surface area contributed by atoms with Crippen LogP contribution in [0.2, 0.25) is 0 Å². The van der Waals surface area contributed by atoms with Crippen LogP contribution < -0.4 is 21.4 Å². The lowest BCUT2D eigenvalue weighted by molar-refractivity contribution is 0.0938. The maximum absolute atomic E-state index is 12.6. The maximum Gasteiger partial charge on any atom is 0.329 e. The largest absolute Gasteiger partial charge is 0.491 e. The lowest BCUT2D eigenvalue weighted by atomic mass is 10.1. The Morgan fingerprint density at radius 1 is 1.15 bits per heavy atom. The molecule has 2 aromatic heterocycles. The Labute approximate surface area is 188 Å². The number of benzene rings is 2. The van der Waals surface area contributed by atoms with Gasteiger partial charge in [-0.2, -0.15) is 10.1 Å². The van der Waals surface area contributed by atoms with Crippen LogP contribution in [0.1, 0.15) is 12.5 Å². The second-order valence-electron chi connectivity index (χ2n) is 7.49. The SMILES string of the molecule is C/C(=N\Nc1nc2c(c(=O)[nH]c(=O)n2C)n1C[C@H](O)COc1ccccc1)c1ccccc1. The molecule has 0 aliphatic carbocycles. The number of anilines is 1. The van der Waals surface area contributed by atoms with E-state index in [4.69, 9.17) is 4.74 Å². The first kappa shape index (κ1) is 22.0. The van der Waals surface area contributed by atoms with Crippen LogP contribution in [0.5, 0.6) is 5.75 Å². The molecule has 1 atom stereocenters. The Kier molecular flexibility index (Phi) is 6.36. The standard InChI is InChI=1S/C23H24N6O4/c1-15(16-9-5-3-6-10-16)26-27-22-24-20-19(21(31)25-23(32)28(20)2)29(22)13-17(30)14-33-18-11-7-4-8-12-18/h3-12,17,30H,13-14H2,1-2H3,(H,24,27)(H,25,31,32)/b26-15+/t17-/m0/s1. The van der Waals surface area contributed by atoms with Gasteiger partial charge in [0.15, 0.2) is 11.2 Å². The summed E-state index contributed by atoms with van der Waals surface area (Å²) in [6.45, 7) is 1.83. The number of rotatable bonds is 8. The van der Waals surface area contributed by atoms with E-state index < -0.39 is 17.4 Å². The highest BCUT2D eigenvalue weighted by Gasteiger charge is 2.20. The molecular formula is C23H24N6O4. The minimum Gasteiger partial charge on any atom is -0.491 e. The third-order valence-electron chi connectivity index (χ3n) is 5.10. The predicted molar refractivity (Wildman–Crippen MR) is 126 cm³/mol. The van der Waals surface area contributed by atoms with Gasteiger partial charge in [-0.3, -0.25) is 14.3 Å². The summed E-state index contributed by atoms with van der Waals surface area (Å²) >= 11 is 0. The number of nitrogens with zero attached hydrogens (tertiary/aromatic N) is 4. The average molecular weight is 448 g/mol. The number of H-pyrrole nitrogens is 1. The molecule has 0 unspecified atom stereocenters. The van der Waals surface area contributed by atoms with Crippen molar-refractivity contribution in [3.63, 3.8) is 0 Å². The normalized spacial score (nSPS) is 12.6. The minimum absolute atomic E-state index is 0.000886. The highest BCUT2D eigenvalue weighted by molar-refractivity contribution is 5.99. The highest BCUT2D eigenvalue weighted by atomic mass is 16.5. The van der Waals surface area contributed by atoms with Gasteiger partial charge in [-0.1, -0.05) is 48.5 Å². The molecule has 0 spiro atoms. The zero-order chi connectivity index (χ0) is 23.4. The molecule has 170 valence electrons. The number of aryl methyl sites for hydroxylation is 1. The van der Waals surface area contributed by atoms with E-state index in [-0.39, 0.29) is 30.3 Å². The topological polar surface area (TPSA) is 127 Å². The lowest BCUT2D eigenvalue weighted by Crippen LogP contribution is -2.30. The van der Waals surface area contributed by atoms with Crippen molar-refractivity contribution in [2.75, 3.05) is 12.0 Å². The molecule has 10 nitrogen and oxygen atoms in total. The van der Waals surface area contributed by atoms with Crippen molar-refractivity contribution in [2.24, 2.45) is 12.1 Å². The lowest BCUT2D eigenvalue weighted by Gasteiger charge is -2.15. The zero-order valence-electron chi connectivity index (χ0n) is 18.2. The summed E-state index contributed by atoms with van der Waals surface area (Å²) in [4.78, 5) is 31.3. The first-order chi connectivity index (χ1) is 15.9. The zero-order valence-corrected chi connectivity index (χ0v) is 18.2. The van der Waals surface area contributed by atoms with E-state index in [1.807, 2.05) is 55.5 Å². The van der Waals surface area contributed by atoms with E-state index in [1.165, 1.54) is 16.2 Å². The van der Waals surface area contributed by atoms with Gasteiger partial charge in [0, 0.05) is 7.05 Å². The number of fused-ring (bicyclic) bond motifs is 1. The summed E-state index contributed by atoms with van der Waals surface area (Å²) in [5.74, 6) is 0.833. The molecule has 33 heavy (non-hydrogen) atoms. The number of aliphatic hydroxyl groups is 1. The minimum atomic E-state index is -0.959. The van der Waals surface area contributed by atoms with Crippen molar-refractivity contribution in [1.29, 1.82) is 0 Å². The summed E-state index contributed by atoms with van der Waals surface area (Å²) in [7, 11) is 1.51. The fraction of sp³-hybridized carbons (Fsp3) is 0.217. The number of hydrogen-bond donors (Lipinski definition) is 3. The van der Waals surface area contributed by atoms with Gasteiger partial charge in [0.1, 0.15) is 18.5 Å². The average Bonchev–Trinajstić information content (AvgIpc) is 3.19. The number of aromatic nitrogens is 4. The Balaban J connectivity index is 1.66. The highest BCUT2D eigenvalue weighted by Crippen LogP contribution is 2.17. The summed E-state index contributed by atoms with van der Waals surface area (Å²) in [6.07, 6.45) is -0.959. The van der Waals surface area contributed by atoms with E-state index in [1.54, 1.807) is 12.1 Å². The Morgan fingerprint density at radius 2 is 1.82 bits per heavy atom. The van der Waals surface area contributed by atoms with E-state index in [2.05, 4.69) is 20.5 Å². The summed E-state index contributed by atoms with van der Waals surface area (Å²) in [5.41, 5.74) is 3.62. The van der Waals surface area contributed by atoms with E-state index in [0.29, 0.717) is 11.5 Å². The number of hydrazone groups is 1. The molecular weight excluding hydrogens is 424 g/mol. The molecule has 10 heteroatoms. The van der Waals surface area contributed by atoms with E-state index >= 15 is 0 Å². The fourth-order valence-electron chi connectivity index (χ4n) is 3.35. The van der Waals surface area contributed by atoms with Crippen LogP contribution in [0.3, 0.4) is 0 Å². The fourth-order valence-corrected chi connectivity index (χ4v) is 3.35. The van der Waals surface area contributed by atoms with E-state index in [0.717, 1.165) is 5.56 Å². The first-order valence-corrected chi connectivity index (χ1v) is 10.3. The van der Waals surface area contributed by atoms with Gasteiger partial charge in [0.25, 0.3) is 5.56 Å². The monoisotopic (exact) mass is 448 g/mol. The number of aliphatic hydroxyl groups excluding tert-OH is 1. The number of imidazole rings is 1. The molecule has 0 bridgehead atoms. The third kappa shape index (κ3) is 4.85. The molecule has 4 rings (SSSR count). The van der Waals surface area contributed by atoms with Crippen molar-refractivity contribution in [3.8, 4) is 5.75 Å². The Bertz CT molecular complexity index is 1390. The Hall–Kier alpha value is -4.18. The van der Waals surface area contributed by atoms with Gasteiger partial charge in [-0.05, 0) is 24.6 Å². The number of hydrogen-bond acceptors (Lipinski definition) is 7. The number of ether oxygens (including phenoxy) is 1. The van der Waals surface area contributed by atoms with Crippen molar-refractivity contribution < 1.29 is 9.84 Å². The number of para-hydroxylation sites is 1. The molecule has 2 heterocycles. The van der Waals surface area contributed by atoms with Crippen LogP contribution in [0.15, 0.2) is 75.4 Å². The third-order valence-corrected chi connectivity index (χ3v) is 5.10. The predicted octanol–water partition coefficient (Wildman–Crippen LogP) is 1.70. The van der Waals surface area contributed by atoms with Crippen LogP contribution in [0, 0.1) is 0 Å². The molecule has 2 aromatic carbocycles. The molecule has 0 aliphatic heterocycles. The van der Waals surface area contributed by atoms with Crippen molar-refractivity contribution in [1.82, 2.24) is 19.1 Å². The summed E-state index contributed by atoms with van der Waals surface area (Å²) in [6, 6.07) is 18.7. The second-order valence-corrected chi connectivity index (χ2v) is 7.49. The molecule has 0 fully saturated rings. The molecule has 0 saturated carbocycles. The van der Waals surface area contributed by atoms with Gasteiger partial charge in [-0.15, -0.1) is 0 Å². The van der Waals surface area contributed by atoms with Crippen LogP contribution in [-0.2, 0) is 13.6 Å². The molecule has 3 N–H and O–H groups in total. The van der Waals surface area contributed by atoms with Gasteiger partial charge in [0.05, 0.1) is 12.3 Å². The smallest absolute Gasteiger partial charge is 0.329 e. The molecule has 0 saturated heterocycles. The van der Waals surface area contributed by atoms with Crippen LogP contribution in [0.4, 0.5) is 5.95 Å². The second kappa shape index (κ2) is 9.53. The van der Waals surface area contributed by atoms with Gasteiger partial charge in [-0.25, -0.2) is 10.2 Å².